The van der Waals surface area contributed by atoms with Crippen LogP contribution < -0.4 is 16.4 Å². The fraction of sp³-hybridized carbons (Fsp3) is 0.556. The predicted octanol–water partition coefficient (Wildman–Crippen LogP) is 5.92. The van der Waals surface area contributed by atoms with Crippen LogP contribution in [0.5, 0.6) is 0 Å². The number of carbonyl (C=O) groups is 3. The first-order chi connectivity index (χ1) is 34.6. The molecule has 2 aromatic heterocycles. The van der Waals surface area contributed by atoms with Crippen LogP contribution in [0.4, 0.5) is 5.82 Å². The van der Waals surface area contributed by atoms with Gasteiger partial charge in [0.25, 0.3) is 0 Å². The minimum Gasteiger partial charge on any atom is -0.386 e. The molecule has 408 valence electrons. The van der Waals surface area contributed by atoms with Crippen LogP contribution in [0.3, 0.4) is 0 Å². The first-order valence-corrected chi connectivity index (χ1v) is 29.0. The van der Waals surface area contributed by atoms with Gasteiger partial charge in [-0.25, -0.2) is 28.6 Å². The first-order valence-electron chi connectivity index (χ1n) is 23.5. The van der Waals surface area contributed by atoms with E-state index in [9.17, 15) is 57.9 Å². The molecule has 2 aromatic rings. The van der Waals surface area contributed by atoms with E-state index in [1.807, 2.05) is 6.08 Å². The number of rotatable bonds is 35. The lowest BCUT2D eigenvalue weighted by atomic mass is 9.87. The highest BCUT2D eigenvalue weighted by Gasteiger charge is 2.50. The minimum absolute atomic E-state index is 0.0295. The van der Waals surface area contributed by atoms with Crippen LogP contribution in [0.1, 0.15) is 97.6 Å². The Morgan fingerprint density at radius 3 is 2.08 bits per heavy atom. The molecular weight excluding hydrogens is 1040 g/mol. The number of imidazole rings is 1. The van der Waals surface area contributed by atoms with E-state index in [2.05, 4.69) is 102 Å². The van der Waals surface area contributed by atoms with Crippen molar-refractivity contribution in [3.8, 4) is 0 Å². The van der Waals surface area contributed by atoms with Gasteiger partial charge in [0.15, 0.2) is 17.7 Å². The van der Waals surface area contributed by atoms with Crippen molar-refractivity contribution in [3.63, 3.8) is 0 Å². The van der Waals surface area contributed by atoms with E-state index in [1.165, 1.54) is 19.9 Å². The zero-order valence-electron chi connectivity index (χ0n) is 41.1. The average molecular weight is 1110 g/mol. The molecule has 0 radical (unpaired) electrons. The molecule has 0 aliphatic carbocycles. The third-order valence-electron chi connectivity index (χ3n) is 10.4. The molecule has 0 bridgehead atoms. The number of anilines is 1. The number of hydrogen-bond acceptors (Lipinski definition) is 18. The number of phosphoric ester groups is 3. The third kappa shape index (κ3) is 24.9. The van der Waals surface area contributed by atoms with Crippen molar-refractivity contribution in [1.29, 1.82) is 0 Å². The summed E-state index contributed by atoms with van der Waals surface area (Å²) in [6, 6.07) is 0. The molecule has 28 heteroatoms. The summed E-state index contributed by atoms with van der Waals surface area (Å²) in [6.45, 7) is 2.60. The van der Waals surface area contributed by atoms with Gasteiger partial charge in [0, 0.05) is 30.7 Å². The highest BCUT2D eigenvalue weighted by molar-refractivity contribution is 8.14. The Labute approximate surface area is 429 Å². The number of unbranched alkanes of at least 4 members (excludes halogenated alkanes) is 4. The minimum atomic E-state index is -5.58. The van der Waals surface area contributed by atoms with Gasteiger partial charge in [0.05, 0.1) is 19.5 Å². The second kappa shape index (κ2) is 32.4. The lowest BCUT2D eigenvalue weighted by Gasteiger charge is -2.30. The number of allylic oxidation sites excluding steroid dienone is 11. The third-order valence-corrected chi connectivity index (χ3v) is 14.3. The number of aromatic nitrogens is 4. The zero-order chi connectivity index (χ0) is 53.9. The Morgan fingerprint density at radius 2 is 1.45 bits per heavy atom. The van der Waals surface area contributed by atoms with E-state index >= 15 is 0 Å². The molecule has 2 amide bonds. The molecule has 24 nitrogen and oxygen atoms in total. The Bertz CT molecular complexity index is 2390. The van der Waals surface area contributed by atoms with Crippen molar-refractivity contribution in [2.45, 2.75) is 122 Å². The summed E-state index contributed by atoms with van der Waals surface area (Å²) in [5.41, 5.74) is 4.27. The number of nitrogens with zero attached hydrogens (tertiary/aromatic N) is 4. The van der Waals surface area contributed by atoms with Crippen LogP contribution >= 0.6 is 35.2 Å². The molecule has 73 heavy (non-hydrogen) atoms. The molecule has 0 spiro atoms. The fourth-order valence-electron chi connectivity index (χ4n) is 6.58. The second-order valence-electron chi connectivity index (χ2n) is 17.0. The topological polar surface area (TPSA) is 364 Å². The molecule has 0 saturated carbocycles. The summed E-state index contributed by atoms with van der Waals surface area (Å²) >= 11 is 1.05. The number of aliphatic hydroxyl groups is 2. The van der Waals surface area contributed by atoms with Gasteiger partial charge in [-0.15, -0.1) is 0 Å². The number of aliphatic hydroxyl groups excluding tert-OH is 2. The SMILES string of the molecule is CC/C=C\C/C=C\C/C=C\C/C=C\C/C=C\CCCCC/C=C/C(=O)SCCNC(=O)CCNC(=O)[C@H](O)C(C)(C)COP(=O)(O)OP(=O)(O)OC[C@H]1O[C@@H](n2cnc3c(N)ncnc32)[C@H](O)[C@@H]1OP(=O)(O)O. The molecule has 7 atom stereocenters. The van der Waals surface area contributed by atoms with Crippen LogP contribution in [0, 0.1) is 5.41 Å². The number of hydrogen-bond donors (Lipinski definition) is 9. The second-order valence-corrected chi connectivity index (χ2v) is 22.3. The van der Waals surface area contributed by atoms with E-state index in [0.717, 1.165) is 93.2 Å². The molecule has 3 rings (SSSR count). The van der Waals surface area contributed by atoms with E-state index in [-0.39, 0.29) is 41.6 Å². The van der Waals surface area contributed by atoms with Gasteiger partial charge in [0.2, 0.25) is 16.9 Å². The molecule has 0 aromatic carbocycles. The van der Waals surface area contributed by atoms with E-state index in [0.29, 0.717) is 5.75 Å². The Balaban J connectivity index is 1.27. The Hall–Kier alpha value is -4.00. The van der Waals surface area contributed by atoms with Crippen molar-refractivity contribution in [2.24, 2.45) is 5.41 Å². The van der Waals surface area contributed by atoms with Gasteiger partial charge in [-0.2, -0.15) is 4.31 Å². The summed E-state index contributed by atoms with van der Waals surface area (Å²) in [6.07, 6.45) is 28.0. The van der Waals surface area contributed by atoms with Crippen LogP contribution in [-0.4, -0.2) is 123 Å². The summed E-state index contributed by atoms with van der Waals surface area (Å²) in [5, 5.41) is 26.4. The average Bonchev–Trinajstić information content (AvgIpc) is 3.88. The number of nitrogen functional groups attached to an aromatic ring is 1. The molecule has 1 fully saturated rings. The van der Waals surface area contributed by atoms with Crippen molar-refractivity contribution in [1.82, 2.24) is 30.2 Å². The van der Waals surface area contributed by atoms with E-state index < -0.39 is 84.6 Å². The number of phosphoric acid groups is 3. The van der Waals surface area contributed by atoms with Crippen LogP contribution in [0.15, 0.2) is 85.6 Å². The van der Waals surface area contributed by atoms with Gasteiger partial charge in [0.1, 0.15) is 36.3 Å². The maximum Gasteiger partial charge on any atom is 0.481 e. The number of amides is 2. The number of nitrogens with two attached hydrogens (primary N) is 1. The quantitative estimate of drug-likeness (QED) is 0.0167. The highest BCUT2D eigenvalue weighted by atomic mass is 32.2. The molecule has 2 unspecified atom stereocenters. The monoisotopic (exact) mass is 1110 g/mol. The molecule has 1 aliphatic heterocycles. The number of nitrogens with one attached hydrogen (secondary N) is 2. The number of carbonyl (C=O) groups excluding carboxylic acids is 3. The lowest BCUT2D eigenvalue weighted by molar-refractivity contribution is -0.137. The van der Waals surface area contributed by atoms with Gasteiger partial charge >= 0.3 is 23.5 Å². The van der Waals surface area contributed by atoms with Gasteiger partial charge in [-0.3, -0.25) is 32.5 Å². The van der Waals surface area contributed by atoms with Gasteiger partial charge < -0.3 is 50.9 Å². The number of thioether (sulfide) groups is 1. The largest absolute Gasteiger partial charge is 0.481 e. The number of ether oxygens (including phenoxy) is 1. The molecular formula is C45H70N7O17P3S. The van der Waals surface area contributed by atoms with Gasteiger partial charge in [-0.1, -0.05) is 106 Å². The zero-order valence-corrected chi connectivity index (χ0v) is 44.6. The normalized spacial score (nSPS) is 20.1. The van der Waals surface area contributed by atoms with Crippen LogP contribution in [0.25, 0.3) is 11.2 Å². The number of fused-ring (bicyclic) bond motifs is 1. The summed E-state index contributed by atoms with van der Waals surface area (Å²) in [7, 11) is -16.4. The summed E-state index contributed by atoms with van der Waals surface area (Å²) in [5.74, 6) is -1.14. The van der Waals surface area contributed by atoms with Crippen molar-refractivity contribution in [2.75, 3.05) is 37.8 Å². The molecule has 10 N–H and O–H groups in total. The Morgan fingerprint density at radius 1 is 0.849 bits per heavy atom. The fourth-order valence-corrected chi connectivity index (χ4v) is 10.0. The van der Waals surface area contributed by atoms with Crippen molar-refractivity contribution in [3.05, 3.63) is 85.6 Å². The predicted molar refractivity (Wildman–Crippen MR) is 274 cm³/mol. The smallest absolute Gasteiger partial charge is 0.386 e. The maximum atomic E-state index is 12.8. The van der Waals surface area contributed by atoms with Crippen LogP contribution in [0.2, 0.25) is 0 Å². The first kappa shape index (κ1) is 63.3. The maximum absolute atomic E-state index is 12.8. The molecule has 1 saturated heterocycles. The van der Waals surface area contributed by atoms with Crippen LogP contribution in [-0.2, 0) is 50.7 Å². The van der Waals surface area contributed by atoms with E-state index in [4.69, 9.17) is 19.5 Å². The molecule has 3 heterocycles. The standard InChI is InChI=1S/C45H70N7O17P3S/c1-4-5-6-7-8-9-10-11-12-13-14-15-16-17-18-19-20-21-22-23-24-25-36(54)73-29-28-47-35(53)26-27-48-43(57)40(56)45(2,3)31-66-72(63,64)69-71(61,62)65-30-34-39(68-70(58,59)60)38(55)44(67-34)52-33-51-37-41(46)49-32-50-42(37)52/h5-6,8-9,11-12,14-15,17-18,24-25,32-34,38-40,44,55-56H,4,7,10,13,16,19-23,26-31H2,1-3H3,(H,47,53)(H,48,57)(H,61,62)(H,63,64)(H2,46,49,50)(H2,58,59,60)/b6-5-,9-8-,12-11-,15-14-,18-17-,25-24+/t34-,38-,39-,40+,44-/m1/s1. The Kier molecular flexibility index (Phi) is 28.1. The lowest BCUT2D eigenvalue weighted by Crippen LogP contribution is -2.46. The van der Waals surface area contributed by atoms with Gasteiger partial charge in [-0.05, 0) is 63.9 Å². The summed E-state index contributed by atoms with van der Waals surface area (Å²) in [4.78, 5) is 88.4. The summed E-state index contributed by atoms with van der Waals surface area (Å²) < 4.78 is 62.5. The van der Waals surface area contributed by atoms with Crippen molar-refractivity contribution >= 4 is 69.1 Å². The van der Waals surface area contributed by atoms with Crippen molar-refractivity contribution < 1.29 is 80.5 Å². The molecule has 1 aliphatic rings. The van der Waals surface area contributed by atoms with E-state index in [1.54, 1.807) is 0 Å². The highest BCUT2D eigenvalue weighted by Crippen LogP contribution is 2.61.